The highest BCUT2D eigenvalue weighted by molar-refractivity contribution is 5.86. The van der Waals surface area contributed by atoms with Gasteiger partial charge in [-0.2, -0.15) is 0 Å². The first-order chi connectivity index (χ1) is 14.2. The van der Waals surface area contributed by atoms with E-state index in [1.54, 1.807) is 0 Å². The summed E-state index contributed by atoms with van der Waals surface area (Å²) in [7, 11) is 0. The van der Waals surface area contributed by atoms with Crippen molar-refractivity contribution in [3.05, 3.63) is 71.2 Å². The van der Waals surface area contributed by atoms with Gasteiger partial charge in [-0.1, -0.05) is 30.3 Å². The van der Waals surface area contributed by atoms with Gasteiger partial charge >= 0.3 is 0 Å². The lowest BCUT2D eigenvalue weighted by Crippen LogP contribution is -2.43. The van der Waals surface area contributed by atoms with E-state index >= 15 is 0 Å². The zero-order chi connectivity index (χ0) is 19.8. The number of carbonyl (C=O) groups excluding carboxylic acids is 1. The van der Waals surface area contributed by atoms with Gasteiger partial charge in [-0.25, -0.2) is 4.39 Å². The molecule has 3 aromatic rings. The maximum absolute atomic E-state index is 13.2. The monoisotopic (exact) mass is 391 g/mol. The summed E-state index contributed by atoms with van der Waals surface area (Å²) in [6.07, 6.45) is 3.36. The molecule has 5 rings (SSSR count). The predicted molar refractivity (Wildman–Crippen MR) is 112 cm³/mol. The number of amides is 1. The summed E-state index contributed by atoms with van der Waals surface area (Å²) in [6.45, 7) is 3.48. The van der Waals surface area contributed by atoms with Crippen molar-refractivity contribution in [1.29, 1.82) is 0 Å². The number of aromatic amines is 1. The van der Waals surface area contributed by atoms with E-state index in [-0.39, 0.29) is 11.7 Å². The van der Waals surface area contributed by atoms with Crippen LogP contribution in [0.15, 0.2) is 48.5 Å². The molecule has 5 heteroatoms. The number of nitrogens with one attached hydrogen (secondary N) is 1. The number of halogens is 1. The van der Waals surface area contributed by atoms with Crippen LogP contribution in [0.3, 0.4) is 0 Å². The highest BCUT2D eigenvalue weighted by Crippen LogP contribution is 2.31. The smallest absolute Gasteiger partial charge is 0.237 e. The maximum atomic E-state index is 13.2. The van der Waals surface area contributed by atoms with Crippen molar-refractivity contribution in [3.8, 4) is 0 Å². The molecular formula is C24H26FN3O. The Balaban J connectivity index is 1.29. The lowest BCUT2D eigenvalue weighted by molar-refractivity contribution is -0.133. The normalized spacial score (nSPS) is 16.4. The van der Waals surface area contributed by atoms with Crippen molar-refractivity contribution in [3.63, 3.8) is 0 Å². The van der Waals surface area contributed by atoms with Crippen LogP contribution in [0, 0.1) is 11.7 Å². The van der Waals surface area contributed by atoms with Gasteiger partial charge < -0.3 is 9.88 Å². The second-order valence-electron chi connectivity index (χ2n) is 8.43. The van der Waals surface area contributed by atoms with E-state index in [0.717, 1.165) is 30.6 Å². The van der Waals surface area contributed by atoms with Crippen LogP contribution in [0.4, 0.5) is 4.39 Å². The number of fused-ring (bicyclic) bond motifs is 3. The second kappa shape index (κ2) is 7.64. The van der Waals surface area contributed by atoms with Gasteiger partial charge in [-0.05, 0) is 42.5 Å². The first-order valence-electron chi connectivity index (χ1n) is 10.5. The Labute approximate surface area is 170 Å². The van der Waals surface area contributed by atoms with Gasteiger partial charge in [0.05, 0.1) is 6.54 Å². The number of H-pyrrole nitrogens is 1. The van der Waals surface area contributed by atoms with Crippen LogP contribution >= 0.6 is 0 Å². The molecule has 0 atom stereocenters. The predicted octanol–water partition coefficient (Wildman–Crippen LogP) is 4.10. The maximum Gasteiger partial charge on any atom is 0.237 e. The second-order valence-corrected chi connectivity index (χ2v) is 8.43. The summed E-state index contributed by atoms with van der Waals surface area (Å²) in [5.74, 6) is 0.662. The zero-order valence-corrected chi connectivity index (χ0v) is 16.5. The van der Waals surface area contributed by atoms with Gasteiger partial charge in [0.2, 0.25) is 5.91 Å². The lowest BCUT2D eigenvalue weighted by Gasteiger charge is -2.30. The minimum Gasteiger partial charge on any atom is -0.358 e. The van der Waals surface area contributed by atoms with E-state index in [1.807, 2.05) is 23.1 Å². The molecule has 2 aliphatic rings. The molecule has 150 valence electrons. The molecule has 0 radical (unpaired) electrons. The number of benzene rings is 2. The topological polar surface area (TPSA) is 39.3 Å². The quantitative estimate of drug-likeness (QED) is 0.687. The van der Waals surface area contributed by atoms with Gasteiger partial charge in [0.1, 0.15) is 5.82 Å². The van der Waals surface area contributed by atoms with Crippen molar-refractivity contribution < 1.29 is 9.18 Å². The van der Waals surface area contributed by atoms with Crippen LogP contribution in [0.5, 0.6) is 0 Å². The van der Waals surface area contributed by atoms with Crippen molar-refractivity contribution in [1.82, 2.24) is 14.8 Å². The summed E-state index contributed by atoms with van der Waals surface area (Å²) in [4.78, 5) is 20.9. The lowest BCUT2D eigenvalue weighted by atomic mass is 10.0. The largest absolute Gasteiger partial charge is 0.358 e. The molecule has 2 heterocycles. The molecule has 1 aliphatic heterocycles. The van der Waals surface area contributed by atoms with Gasteiger partial charge in [-0.3, -0.25) is 9.69 Å². The summed E-state index contributed by atoms with van der Waals surface area (Å²) in [5, 5.41) is 1.22. The van der Waals surface area contributed by atoms with Crippen molar-refractivity contribution in [2.24, 2.45) is 5.92 Å². The van der Waals surface area contributed by atoms with Gasteiger partial charge in [0.25, 0.3) is 0 Å². The Morgan fingerprint density at radius 1 is 1.14 bits per heavy atom. The van der Waals surface area contributed by atoms with E-state index in [4.69, 9.17) is 0 Å². The molecule has 2 aromatic carbocycles. The molecule has 1 aromatic heterocycles. The summed E-state index contributed by atoms with van der Waals surface area (Å²) in [5.41, 5.74) is 4.72. The van der Waals surface area contributed by atoms with Crippen LogP contribution in [0.25, 0.3) is 10.9 Å². The summed E-state index contributed by atoms with van der Waals surface area (Å²) in [6, 6.07) is 14.9. The third-order valence-corrected chi connectivity index (χ3v) is 6.13. The zero-order valence-electron chi connectivity index (χ0n) is 16.5. The fraction of sp³-hybridized carbons (Fsp3) is 0.375. The average molecular weight is 391 g/mol. The molecule has 0 bridgehead atoms. The molecule has 0 unspecified atom stereocenters. The van der Waals surface area contributed by atoms with Crippen LogP contribution in [-0.2, 0) is 24.3 Å². The number of carbonyl (C=O) groups is 1. The highest BCUT2D eigenvalue weighted by Gasteiger charge is 2.28. The number of nitrogens with zero attached hydrogens (tertiary/aromatic N) is 2. The van der Waals surface area contributed by atoms with E-state index in [2.05, 4.69) is 28.1 Å². The Kier molecular flexibility index (Phi) is 4.84. The number of hydrogen-bond acceptors (Lipinski definition) is 2. The third-order valence-electron chi connectivity index (χ3n) is 6.13. The van der Waals surface area contributed by atoms with Crippen LogP contribution in [0.2, 0.25) is 0 Å². The molecule has 29 heavy (non-hydrogen) atoms. The Morgan fingerprint density at radius 3 is 2.72 bits per heavy atom. The first kappa shape index (κ1) is 18.4. The molecule has 4 nitrogen and oxygen atoms in total. The minimum absolute atomic E-state index is 0.184. The van der Waals surface area contributed by atoms with Crippen LogP contribution in [-0.4, -0.2) is 40.3 Å². The minimum atomic E-state index is -0.221. The van der Waals surface area contributed by atoms with E-state index < -0.39 is 0 Å². The van der Waals surface area contributed by atoms with Gasteiger partial charge in [0, 0.05) is 54.8 Å². The average Bonchev–Trinajstić information content (AvgIpc) is 3.46. The third kappa shape index (κ3) is 4.06. The van der Waals surface area contributed by atoms with Gasteiger partial charge in [0.15, 0.2) is 0 Å². The Morgan fingerprint density at radius 2 is 1.93 bits per heavy atom. The van der Waals surface area contributed by atoms with E-state index in [9.17, 15) is 9.18 Å². The fourth-order valence-corrected chi connectivity index (χ4v) is 4.37. The molecule has 1 amide bonds. The molecule has 1 aliphatic carbocycles. The summed E-state index contributed by atoms with van der Waals surface area (Å²) < 4.78 is 13.2. The molecule has 0 saturated heterocycles. The van der Waals surface area contributed by atoms with Crippen molar-refractivity contribution in [2.75, 3.05) is 19.6 Å². The fourth-order valence-electron chi connectivity index (χ4n) is 4.37. The van der Waals surface area contributed by atoms with E-state index in [0.29, 0.717) is 25.6 Å². The number of rotatable bonds is 6. The Bertz CT molecular complexity index is 1020. The van der Waals surface area contributed by atoms with Crippen molar-refractivity contribution >= 4 is 16.8 Å². The molecule has 1 N–H and O–H groups in total. The van der Waals surface area contributed by atoms with Crippen LogP contribution < -0.4 is 0 Å². The molecule has 1 fully saturated rings. The van der Waals surface area contributed by atoms with Gasteiger partial charge in [-0.15, -0.1) is 0 Å². The first-order valence-corrected chi connectivity index (χ1v) is 10.5. The Hall–Kier alpha value is -2.66. The highest BCUT2D eigenvalue weighted by atomic mass is 19.1. The number of hydrogen-bond donors (Lipinski definition) is 1. The number of aromatic nitrogens is 1. The van der Waals surface area contributed by atoms with Crippen LogP contribution in [0.1, 0.15) is 29.7 Å². The summed E-state index contributed by atoms with van der Waals surface area (Å²) >= 11 is 0. The van der Waals surface area contributed by atoms with E-state index in [1.165, 1.54) is 41.6 Å². The number of para-hydroxylation sites is 1. The SMILES string of the molecule is O=C(CN(Cc1ccc(F)cc1)CC1CC1)N1CCc2[nH]c3ccccc3c2C1. The molecule has 1 saturated carbocycles. The van der Waals surface area contributed by atoms with Crippen molar-refractivity contribution in [2.45, 2.75) is 32.4 Å². The molecule has 0 spiro atoms. The molecular weight excluding hydrogens is 365 g/mol. The standard InChI is InChI=1S/C24H26FN3O/c25-19-9-7-18(8-10-19)14-27(13-17-5-6-17)16-24(29)28-12-11-23-21(15-28)20-3-1-2-4-22(20)26-23/h1-4,7-10,17,26H,5-6,11-16H2.